The van der Waals surface area contributed by atoms with Crippen LogP contribution in [-0.2, 0) is 4.79 Å². The molecule has 1 aromatic rings. The van der Waals surface area contributed by atoms with Crippen LogP contribution >= 0.6 is 15.9 Å². The minimum Gasteiger partial charge on any atom is -0.480 e. The Morgan fingerprint density at radius 3 is 2.43 bits per heavy atom. The second-order valence-electron chi connectivity index (χ2n) is 3.23. The highest BCUT2D eigenvalue weighted by molar-refractivity contribution is 9.10. The Hall–Kier alpha value is -0.870. The number of nitrogens with zero attached hydrogens (tertiary/aromatic N) is 1. The van der Waals surface area contributed by atoms with Crippen molar-refractivity contribution in [1.82, 2.24) is 4.90 Å². The van der Waals surface area contributed by atoms with Crippen molar-refractivity contribution in [3.8, 4) is 0 Å². The maximum absolute atomic E-state index is 11.0. The summed E-state index contributed by atoms with van der Waals surface area (Å²) in [5, 5.41) is 9.06. The highest BCUT2D eigenvalue weighted by Gasteiger charge is 2.23. The number of carbonyl (C=O) groups is 1. The van der Waals surface area contributed by atoms with Crippen LogP contribution in [0.25, 0.3) is 0 Å². The van der Waals surface area contributed by atoms with Crippen LogP contribution in [0.2, 0.25) is 0 Å². The van der Waals surface area contributed by atoms with Crippen molar-refractivity contribution >= 4 is 21.9 Å². The SMILES string of the molecule is CN(C)[C@H](C(=O)O)c1ccccc1Br. The predicted molar refractivity (Wildman–Crippen MR) is 58.2 cm³/mol. The van der Waals surface area contributed by atoms with Gasteiger partial charge < -0.3 is 5.11 Å². The lowest BCUT2D eigenvalue weighted by molar-refractivity contribution is -0.142. The Balaban J connectivity index is 3.12. The molecule has 0 aliphatic carbocycles. The highest BCUT2D eigenvalue weighted by Crippen LogP contribution is 2.26. The molecule has 76 valence electrons. The molecule has 14 heavy (non-hydrogen) atoms. The monoisotopic (exact) mass is 257 g/mol. The van der Waals surface area contributed by atoms with Crippen LogP contribution in [0.5, 0.6) is 0 Å². The quantitative estimate of drug-likeness (QED) is 0.902. The fourth-order valence-electron chi connectivity index (χ4n) is 1.33. The van der Waals surface area contributed by atoms with Gasteiger partial charge in [-0.25, -0.2) is 0 Å². The third kappa shape index (κ3) is 2.33. The highest BCUT2D eigenvalue weighted by atomic mass is 79.9. The zero-order valence-electron chi connectivity index (χ0n) is 8.07. The summed E-state index contributed by atoms with van der Waals surface area (Å²) in [6, 6.07) is 6.74. The van der Waals surface area contributed by atoms with Crippen molar-refractivity contribution in [1.29, 1.82) is 0 Å². The van der Waals surface area contributed by atoms with E-state index in [-0.39, 0.29) is 0 Å². The Labute approximate surface area is 91.5 Å². The number of hydrogen-bond acceptors (Lipinski definition) is 2. The molecule has 0 aliphatic heterocycles. The molecule has 0 saturated heterocycles. The molecule has 1 N–H and O–H groups in total. The molecule has 0 amide bonds. The summed E-state index contributed by atoms with van der Waals surface area (Å²) in [7, 11) is 3.50. The summed E-state index contributed by atoms with van der Waals surface area (Å²) < 4.78 is 0.820. The largest absolute Gasteiger partial charge is 0.480 e. The van der Waals surface area contributed by atoms with Gasteiger partial charge in [-0.05, 0) is 25.7 Å². The van der Waals surface area contributed by atoms with E-state index in [0.717, 1.165) is 10.0 Å². The van der Waals surface area contributed by atoms with Crippen LogP contribution in [0, 0.1) is 0 Å². The van der Waals surface area contributed by atoms with Crippen molar-refractivity contribution in [2.75, 3.05) is 14.1 Å². The van der Waals surface area contributed by atoms with Crippen LogP contribution in [-0.4, -0.2) is 30.1 Å². The van der Waals surface area contributed by atoms with Gasteiger partial charge in [0.15, 0.2) is 0 Å². The van der Waals surface area contributed by atoms with Crippen LogP contribution < -0.4 is 0 Å². The van der Waals surface area contributed by atoms with Crippen LogP contribution in [0.3, 0.4) is 0 Å². The Morgan fingerprint density at radius 2 is 2.00 bits per heavy atom. The fourth-order valence-corrected chi connectivity index (χ4v) is 1.83. The fraction of sp³-hybridized carbons (Fsp3) is 0.300. The molecule has 3 nitrogen and oxygen atoms in total. The van der Waals surface area contributed by atoms with Gasteiger partial charge in [0.05, 0.1) is 0 Å². The van der Waals surface area contributed by atoms with Crippen molar-refractivity contribution in [2.24, 2.45) is 0 Å². The number of benzene rings is 1. The first-order valence-corrected chi connectivity index (χ1v) is 4.97. The standard InChI is InChI=1S/C10H12BrNO2/c1-12(2)9(10(13)14)7-5-3-4-6-8(7)11/h3-6,9H,1-2H3,(H,13,14)/t9-/m0/s1. The van der Waals surface area contributed by atoms with Gasteiger partial charge in [-0.2, -0.15) is 0 Å². The first-order chi connectivity index (χ1) is 6.54. The first-order valence-electron chi connectivity index (χ1n) is 4.17. The summed E-state index contributed by atoms with van der Waals surface area (Å²) in [5.41, 5.74) is 0.769. The maximum atomic E-state index is 11.0. The predicted octanol–water partition coefficient (Wildman–Crippen LogP) is 2.14. The van der Waals surface area contributed by atoms with E-state index in [1.807, 2.05) is 24.3 Å². The minimum absolute atomic E-state index is 0.606. The number of halogens is 1. The second kappa shape index (κ2) is 4.57. The lowest BCUT2D eigenvalue weighted by Crippen LogP contribution is -2.27. The van der Waals surface area contributed by atoms with Crippen LogP contribution in [0.4, 0.5) is 0 Å². The van der Waals surface area contributed by atoms with E-state index in [1.165, 1.54) is 0 Å². The Kier molecular flexibility index (Phi) is 3.66. The zero-order chi connectivity index (χ0) is 10.7. The molecule has 0 spiro atoms. The van der Waals surface area contributed by atoms with Gasteiger partial charge in [-0.15, -0.1) is 0 Å². The number of carboxylic acid groups (broad SMARTS) is 1. The summed E-state index contributed by atoms with van der Waals surface area (Å²) in [6.45, 7) is 0. The van der Waals surface area contributed by atoms with Crippen LogP contribution in [0.1, 0.15) is 11.6 Å². The van der Waals surface area contributed by atoms with Crippen molar-refractivity contribution in [3.05, 3.63) is 34.3 Å². The molecule has 0 bridgehead atoms. The maximum Gasteiger partial charge on any atom is 0.325 e. The zero-order valence-corrected chi connectivity index (χ0v) is 9.65. The molecule has 0 aliphatic rings. The molecule has 0 radical (unpaired) electrons. The molecule has 0 saturated carbocycles. The summed E-state index contributed by atoms with van der Waals surface area (Å²) in [6.07, 6.45) is 0. The molecule has 0 aromatic heterocycles. The van der Waals surface area contributed by atoms with E-state index >= 15 is 0 Å². The summed E-state index contributed by atoms with van der Waals surface area (Å²) in [5.74, 6) is -0.845. The molecule has 0 unspecified atom stereocenters. The van der Waals surface area contributed by atoms with Gasteiger partial charge >= 0.3 is 5.97 Å². The van der Waals surface area contributed by atoms with E-state index < -0.39 is 12.0 Å². The number of hydrogen-bond donors (Lipinski definition) is 1. The smallest absolute Gasteiger partial charge is 0.325 e. The van der Waals surface area contributed by atoms with Gasteiger partial charge in [0, 0.05) is 4.47 Å². The van der Waals surface area contributed by atoms with Crippen molar-refractivity contribution in [3.63, 3.8) is 0 Å². The molecular formula is C10H12BrNO2. The Morgan fingerprint density at radius 1 is 1.43 bits per heavy atom. The summed E-state index contributed by atoms with van der Waals surface area (Å²) in [4.78, 5) is 12.7. The lowest BCUT2D eigenvalue weighted by atomic mass is 10.1. The van der Waals surface area contributed by atoms with E-state index in [0.29, 0.717) is 0 Å². The molecule has 1 atom stereocenters. The van der Waals surface area contributed by atoms with Crippen LogP contribution in [0.15, 0.2) is 28.7 Å². The number of likely N-dealkylation sites (N-methyl/N-ethyl adjacent to an activating group) is 1. The number of rotatable bonds is 3. The minimum atomic E-state index is -0.845. The molecule has 4 heteroatoms. The normalized spacial score (nSPS) is 12.9. The van der Waals surface area contributed by atoms with Gasteiger partial charge in [-0.3, -0.25) is 9.69 Å². The average molecular weight is 258 g/mol. The van der Waals surface area contributed by atoms with E-state index in [2.05, 4.69) is 15.9 Å². The molecule has 0 fully saturated rings. The molecule has 1 rings (SSSR count). The van der Waals surface area contributed by atoms with E-state index in [1.54, 1.807) is 19.0 Å². The molecular weight excluding hydrogens is 246 g/mol. The Bertz CT molecular complexity index is 339. The van der Waals surface area contributed by atoms with E-state index in [9.17, 15) is 4.79 Å². The first kappa shape index (κ1) is 11.2. The van der Waals surface area contributed by atoms with Gasteiger partial charge in [0.1, 0.15) is 6.04 Å². The number of carboxylic acids is 1. The van der Waals surface area contributed by atoms with Crippen molar-refractivity contribution < 1.29 is 9.90 Å². The third-order valence-electron chi connectivity index (χ3n) is 1.95. The average Bonchev–Trinajstić information content (AvgIpc) is 2.07. The van der Waals surface area contributed by atoms with Gasteiger partial charge in [0.2, 0.25) is 0 Å². The third-order valence-corrected chi connectivity index (χ3v) is 2.67. The van der Waals surface area contributed by atoms with Crippen molar-refractivity contribution in [2.45, 2.75) is 6.04 Å². The van der Waals surface area contributed by atoms with E-state index in [4.69, 9.17) is 5.11 Å². The summed E-state index contributed by atoms with van der Waals surface area (Å²) >= 11 is 3.34. The lowest BCUT2D eigenvalue weighted by Gasteiger charge is -2.21. The topological polar surface area (TPSA) is 40.5 Å². The second-order valence-corrected chi connectivity index (χ2v) is 4.08. The van der Waals surface area contributed by atoms with Gasteiger partial charge in [0.25, 0.3) is 0 Å². The van der Waals surface area contributed by atoms with Gasteiger partial charge in [-0.1, -0.05) is 34.1 Å². The molecule has 0 heterocycles. The number of aliphatic carboxylic acids is 1. The molecule has 1 aromatic carbocycles.